The number of carbonyl (C=O) groups excluding carboxylic acids is 1. The summed E-state index contributed by atoms with van der Waals surface area (Å²) in [5.41, 5.74) is 2.62. The topological polar surface area (TPSA) is 50.4 Å². The summed E-state index contributed by atoms with van der Waals surface area (Å²) in [5.74, 6) is 1.04. The fraction of sp³-hybridized carbons (Fsp3) is 0.562. The lowest BCUT2D eigenvalue weighted by Crippen LogP contribution is -2.30. The maximum Gasteiger partial charge on any atom is 0.216 e. The van der Waals surface area contributed by atoms with Gasteiger partial charge >= 0.3 is 0 Å². The van der Waals surface area contributed by atoms with E-state index < -0.39 is 0 Å². The molecule has 1 amide bonds. The van der Waals surface area contributed by atoms with Crippen molar-refractivity contribution in [2.45, 2.75) is 39.2 Å². The first-order chi connectivity index (χ1) is 9.70. The van der Waals surface area contributed by atoms with Crippen molar-refractivity contribution in [1.82, 2.24) is 10.6 Å². The van der Waals surface area contributed by atoms with Crippen LogP contribution < -0.4 is 15.4 Å². The van der Waals surface area contributed by atoms with Gasteiger partial charge in [0.2, 0.25) is 5.91 Å². The Balaban J connectivity index is 1.89. The maximum absolute atomic E-state index is 10.8. The Bertz CT molecular complexity index is 460. The summed E-state index contributed by atoms with van der Waals surface area (Å²) in [7, 11) is 0. The second kappa shape index (κ2) is 7.29. The van der Waals surface area contributed by atoms with Crippen LogP contribution in [0, 0.1) is 0 Å². The zero-order chi connectivity index (χ0) is 14.4. The summed E-state index contributed by atoms with van der Waals surface area (Å²) in [6.45, 7) is 6.12. The number of amides is 1. The van der Waals surface area contributed by atoms with Gasteiger partial charge in [-0.3, -0.25) is 4.79 Å². The molecule has 0 aromatic heterocycles. The highest BCUT2D eigenvalue weighted by Crippen LogP contribution is 2.32. The molecule has 0 bridgehead atoms. The third kappa shape index (κ3) is 3.97. The van der Waals surface area contributed by atoms with Crippen molar-refractivity contribution in [3.63, 3.8) is 0 Å². The Morgan fingerprint density at radius 2 is 2.25 bits per heavy atom. The molecule has 1 aliphatic heterocycles. The highest BCUT2D eigenvalue weighted by molar-refractivity contribution is 5.72. The standard InChI is InChI=1S/C16H24N2O2/c1-3-13-5-6-16-14(11-13)15(7-10-20-16)18-9-4-8-17-12(2)19/h5-6,11,15,18H,3-4,7-10H2,1-2H3,(H,17,19). The van der Waals surface area contributed by atoms with E-state index in [4.69, 9.17) is 4.74 Å². The van der Waals surface area contributed by atoms with Crippen LogP contribution in [0.25, 0.3) is 0 Å². The molecular formula is C16H24N2O2. The molecular weight excluding hydrogens is 252 g/mol. The van der Waals surface area contributed by atoms with E-state index in [1.165, 1.54) is 11.1 Å². The van der Waals surface area contributed by atoms with Crippen LogP contribution in [0.15, 0.2) is 18.2 Å². The first kappa shape index (κ1) is 14.9. The lowest BCUT2D eigenvalue weighted by Gasteiger charge is -2.27. The third-order valence-corrected chi connectivity index (χ3v) is 3.64. The van der Waals surface area contributed by atoms with Crippen LogP contribution in [0.1, 0.15) is 43.9 Å². The number of fused-ring (bicyclic) bond motifs is 1. The van der Waals surface area contributed by atoms with E-state index in [-0.39, 0.29) is 5.91 Å². The van der Waals surface area contributed by atoms with Gasteiger partial charge in [-0.1, -0.05) is 19.1 Å². The molecule has 1 aromatic carbocycles. The summed E-state index contributed by atoms with van der Waals surface area (Å²) in [6.07, 6.45) is 2.99. The lowest BCUT2D eigenvalue weighted by atomic mass is 9.97. The van der Waals surface area contributed by atoms with Crippen molar-refractivity contribution in [3.8, 4) is 5.75 Å². The van der Waals surface area contributed by atoms with Gasteiger partial charge < -0.3 is 15.4 Å². The minimum atomic E-state index is 0.0361. The van der Waals surface area contributed by atoms with Crippen LogP contribution in [0.3, 0.4) is 0 Å². The molecule has 0 radical (unpaired) electrons. The molecule has 0 spiro atoms. The molecule has 1 heterocycles. The highest BCUT2D eigenvalue weighted by Gasteiger charge is 2.20. The number of aryl methyl sites for hydroxylation is 1. The zero-order valence-corrected chi connectivity index (χ0v) is 12.4. The smallest absolute Gasteiger partial charge is 0.216 e. The predicted molar refractivity (Wildman–Crippen MR) is 80.0 cm³/mol. The van der Waals surface area contributed by atoms with Gasteiger partial charge in [-0.2, -0.15) is 0 Å². The molecule has 0 saturated heterocycles. The highest BCUT2D eigenvalue weighted by atomic mass is 16.5. The molecule has 1 aromatic rings. The molecule has 1 unspecified atom stereocenters. The number of ether oxygens (including phenoxy) is 1. The van der Waals surface area contributed by atoms with Crippen LogP contribution >= 0.6 is 0 Å². The first-order valence-electron chi connectivity index (χ1n) is 7.44. The SMILES string of the molecule is CCc1ccc2c(c1)C(NCCCNC(C)=O)CCO2. The van der Waals surface area contributed by atoms with E-state index in [1.54, 1.807) is 6.92 Å². The van der Waals surface area contributed by atoms with Crippen LogP contribution in [0.5, 0.6) is 5.75 Å². The second-order valence-corrected chi connectivity index (χ2v) is 5.21. The van der Waals surface area contributed by atoms with E-state index >= 15 is 0 Å². The van der Waals surface area contributed by atoms with Gasteiger partial charge in [0.15, 0.2) is 0 Å². The van der Waals surface area contributed by atoms with Crippen molar-refractivity contribution in [1.29, 1.82) is 0 Å². The molecule has 1 aliphatic rings. The van der Waals surface area contributed by atoms with E-state index in [0.29, 0.717) is 6.04 Å². The molecule has 4 heteroatoms. The molecule has 2 N–H and O–H groups in total. The van der Waals surface area contributed by atoms with Gasteiger partial charge in [0, 0.05) is 31.5 Å². The number of benzene rings is 1. The predicted octanol–water partition coefficient (Wildman–Crippen LogP) is 2.19. The number of nitrogens with one attached hydrogen (secondary N) is 2. The number of rotatable bonds is 6. The fourth-order valence-corrected chi connectivity index (χ4v) is 2.50. The molecule has 110 valence electrons. The zero-order valence-electron chi connectivity index (χ0n) is 12.4. The summed E-state index contributed by atoms with van der Waals surface area (Å²) in [6, 6.07) is 6.83. The van der Waals surface area contributed by atoms with Crippen LogP contribution in [0.4, 0.5) is 0 Å². The monoisotopic (exact) mass is 276 g/mol. The Hall–Kier alpha value is -1.55. The minimum absolute atomic E-state index is 0.0361. The Labute approximate surface area is 120 Å². The second-order valence-electron chi connectivity index (χ2n) is 5.21. The molecule has 4 nitrogen and oxygen atoms in total. The van der Waals surface area contributed by atoms with E-state index in [9.17, 15) is 4.79 Å². The van der Waals surface area contributed by atoms with Crippen molar-refractivity contribution < 1.29 is 9.53 Å². The summed E-state index contributed by atoms with van der Waals surface area (Å²) in [5, 5.41) is 6.39. The van der Waals surface area contributed by atoms with Crippen molar-refractivity contribution in [3.05, 3.63) is 29.3 Å². The summed E-state index contributed by atoms with van der Waals surface area (Å²) >= 11 is 0. The summed E-state index contributed by atoms with van der Waals surface area (Å²) in [4.78, 5) is 10.8. The van der Waals surface area contributed by atoms with Gasteiger partial charge in [-0.15, -0.1) is 0 Å². The Kier molecular flexibility index (Phi) is 5.41. The average Bonchev–Trinajstić information content (AvgIpc) is 2.46. The number of hydrogen-bond acceptors (Lipinski definition) is 3. The van der Waals surface area contributed by atoms with Gasteiger partial charge in [0.1, 0.15) is 5.75 Å². The Morgan fingerprint density at radius 1 is 1.40 bits per heavy atom. The van der Waals surface area contributed by atoms with E-state index in [2.05, 4.69) is 35.8 Å². The molecule has 20 heavy (non-hydrogen) atoms. The van der Waals surface area contributed by atoms with Crippen LogP contribution in [-0.4, -0.2) is 25.6 Å². The van der Waals surface area contributed by atoms with E-state index in [0.717, 1.165) is 44.7 Å². The number of hydrogen-bond donors (Lipinski definition) is 2. The van der Waals surface area contributed by atoms with Crippen LogP contribution in [-0.2, 0) is 11.2 Å². The summed E-state index contributed by atoms with van der Waals surface area (Å²) < 4.78 is 5.72. The average molecular weight is 276 g/mol. The largest absolute Gasteiger partial charge is 0.493 e. The minimum Gasteiger partial charge on any atom is -0.493 e. The lowest BCUT2D eigenvalue weighted by molar-refractivity contribution is -0.118. The molecule has 0 fully saturated rings. The molecule has 0 saturated carbocycles. The van der Waals surface area contributed by atoms with Gasteiger partial charge in [-0.25, -0.2) is 0 Å². The number of carbonyl (C=O) groups is 1. The maximum atomic E-state index is 10.8. The molecule has 0 aliphatic carbocycles. The van der Waals surface area contributed by atoms with Gasteiger partial charge in [-0.05, 0) is 31.0 Å². The van der Waals surface area contributed by atoms with Crippen LogP contribution in [0.2, 0.25) is 0 Å². The van der Waals surface area contributed by atoms with Crippen molar-refractivity contribution in [2.75, 3.05) is 19.7 Å². The first-order valence-corrected chi connectivity index (χ1v) is 7.44. The molecule has 1 atom stereocenters. The van der Waals surface area contributed by atoms with Gasteiger partial charge in [0.25, 0.3) is 0 Å². The normalized spacial score (nSPS) is 17.2. The van der Waals surface area contributed by atoms with Crippen molar-refractivity contribution in [2.24, 2.45) is 0 Å². The quantitative estimate of drug-likeness (QED) is 0.783. The third-order valence-electron chi connectivity index (χ3n) is 3.64. The van der Waals surface area contributed by atoms with Gasteiger partial charge in [0.05, 0.1) is 6.61 Å². The van der Waals surface area contributed by atoms with E-state index in [1.807, 2.05) is 0 Å². The Morgan fingerprint density at radius 3 is 3.00 bits per heavy atom. The van der Waals surface area contributed by atoms with Crippen molar-refractivity contribution >= 4 is 5.91 Å². The fourth-order valence-electron chi connectivity index (χ4n) is 2.50. The molecule has 2 rings (SSSR count).